The highest BCUT2D eigenvalue weighted by atomic mass is 32.2. The van der Waals surface area contributed by atoms with E-state index in [9.17, 15) is 8.42 Å². The maximum Gasteiger partial charge on any atom is 0.214 e. The topological polar surface area (TPSA) is 82.3 Å². The molecule has 1 aromatic rings. The van der Waals surface area contributed by atoms with Crippen molar-refractivity contribution in [1.29, 1.82) is 0 Å². The molecule has 5 nitrogen and oxygen atoms in total. The van der Waals surface area contributed by atoms with Crippen LogP contribution in [-0.4, -0.2) is 24.8 Å². The summed E-state index contributed by atoms with van der Waals surface area (Å²) >= 11 is 0. The van der Waals surface area contributed by atoms with Gasteiger partial charge in [0.2, 0.25) is 10.0 Å². The molecule has 102 valence electrons. The van der Waals surface area contributed by atoms with Gasteiger partial charge in [0.05, 0.1) is 11.8 Å². The van der Waals surface area contributed by atoms with Gasteiger partial charge in [-0.2, -0.15) is 0 Å². The molecule has 0 saturated carbocycles. The van der Waals surface area contributed by atoms with Crippen molar-refractivity contribution in [2.45, 2.75) is 45.2 Å². The summed E-state index contributed by atoms with van der Waals surface area (Å²) in [6, 6.07) is 3.64. The average molecular weight is 272 g/mol. The first-order chi connectivity index (χ1) is 8.21. The van der Waals surface area contributed by atoms with E-state index in [-0.39, 0.29) is 6.10 Å². The molecule has 1 aromatic heterocycles. The molecule has 18 heavy (non-hydrogen) atoms. The number of rotatable bonds is 5. The van der Waals surface area contributed by atoms with Crippen LogP contribution in [0.25, 0.3) is 0 Å². The van der Waals surface area contributed by atoms with E-state index in [4.69, 9.17) is 9.88 Å². The summed E-state index contributed by atoms with van der Waals surface area (Å²) in [7, 11) is -3.67. The van der Waals surface area contributed by atoms with Crippen molar-refractivity contribution in [3.8, 4) is 0 Å². The zero-order valence-corrected chi connectivity index (χ0v) is 11.9. The largest absolute Gasteiger partial charge is 0.368 e. The van der Waals surface area contributed by atoms with E-state index in [1.54, 1.807) is 12.3 Å². The Morgan fingerprint density at radius 1 is 1.28 bits per heavy atom. The number of hydrogen-bond acceptors (Lipinski definition) is 4. The van der Waals surface area contributed by atoms with Crippen LogP contribution in [0.2, 0.25) is 0 Å². The molecule has 2 atom stereocenters. The second-order valence-electron chi connectivity index (χ2n) is 4.66. The lowest BCUT2D eigenvalue weighted by atomic mass is 10.1. The zero-order valence-electron chi connectivity index (χ0n) is 11.1. The fourth-order valence-electron chi connectivity index (χ4n) is 1.53. The van der Waals surface area contributed by atoms with Crippen molar-refractivity contribution in [1.82, 2.24) is 4.98 Å². The number of hydrogen-bond donors (Lipinski definition) is 1. The predicted octanol–water partition coefficient (Wildman–Crippen LogP) is 1.53. The normalized spacial score (nSPS) is 15.7. The third kappa shape index (κ3) is 4.04. The Hall–Kier alpha value is -0.980. The monoisotopic (exact) mass is 272 g/mol. The number of pyridine rings is 1. The minimum atomic E-state index is -3.67. The molecule has 0 radical (unpaired) electrons. The molecule has 0 aromatic carbocycles. The van der Waals surface area contributed by atoms with Crippen molar-refractivity contribution in [3.05, 3.63) is 29.6 Å². The maximum atomic E-state index is 11.5. The molecule has 0 bridgehead atoms. The first kappa shape index (κ1) is 15.1. The quantitative estimate of drug-likeness (QED) is 0.881. The fraction of sp³-hybridized carbons (Fsp3) is 0.583. The smallest absolute Gasteiger partial charge is 0.214 e. The van der Waals surface area contributed by atoms with Crippen LogP contribution in [0.1, 0.15) is 38.1 Å². The van der Waals surface area contributed by atoms with Gasteiger partial charge in [0.15, 0.2) is 0 Å². The number of primary sulfonamides is 1. The lowest BCUT2D eigenvalue weighted by molar-refractivity contribution is 0.00408. The van der Waals surface area contributed by atoms with Crippen LogP contribution in [0.15, 0.2) is 18.3 Å². The Bertz CT molecular complexity index is 483. The number of sulfonamides is 1. The molecule has 0 aliphatic rings. The highest BCUT2D eigenvalue weighted by molar-refractivity contribution is 7.89. The van der Waals surface area contributed by atoms with Crippen LogP contribution in [0.3, 0.4) is 0 Å². The molecule has 0 amide bonds. The first-order valence-corrected chi connectivity index (χ1v) is 7.42. The first-order valence-electron chi connectivity index (χ1n) is 5.81. The fourth-order valence-corrected chi connectivity index (χ4v) is 2.08. The Kier molecular flexibility index (Phi) is 4.84. The van der Waals surface area contributed by atoms with Crippen LogP contribution in [0, 0.1) is 6.92 Å². The molecule has 1 heterocycles. The van der Waals surface area contributed by atoms with Crippen molar-refractivity contribution in [2.24, 2.45) is 5.14 Å². The van der Waals surface area contributed by atoms with Crippen LogP contribution < -0.4 is 5.14 Å². The molecule has 0 fully saturated rings. The number of nitrogens with zero attached hydrogens (tertiary/aromatic N) is 1. The number of aryl methyl sites for hydroxylation is 1. The van der Waals surface area contributed by atoms with Crippen molar-refractivity contribution in [2.75, 3.05) is 0 Å². The third-order valence-electron chi connectivity index (χ3n) is 2.59. The molecule has 0 spiro atoms. The Balaban J connectivity index is 3.09. The zero-order chi connectivity index (χ0) is 13.9. The number of nitrogens with two attached hydrogens (primary N) is 1. The number of aromatic nitrogens is 1. The summed E-state index contributed by atoms with van der Waals surface area (Å²) in [5.74, 6) is 0. The Morgan fingerprint density at radius 3 is 2.28 bits per heavy atom. The van der Waals surface area contributed by atoms with Gasteiger partial charge in [0.1, 0.15) is 11.4 Å². The van der Waals surface area contributed by atoms with Gasteiger partial charge in [-0.3, -0.25) is 4.98 Å². The third-order valence-corrected chi connectivity index (χ3v) is 3.87. The minimum Gasteiger partial charge on any atom is -0.368 e. The van der Waals surface area contributed by atoms with E-state index in [1.807, 2.05) is 26.8 Å². The van der Waals surface area contributed by atoms with Crippen molar-refractivity contribution < 1.29 is 13.2 Å². The number of ether oxygens (including phenoxy) is 1. The summed E-state index contributed by atoms with van der Waals surface area (Å²) in [5, 5.41) is 4.35. The summed E-state index contributed by atoms with van der Waals surface area (Å²) in [5.41, 5.74) is 1.58. The standard InChI is InChI=1S/C12H20N2O3S/c1-8(2)17-12(10(4)18(13,15)16)11-6-5-9(3)7-14-11/h5-8,10,12H,1-4H3,(H2,13,15,16). The Morgan fingerprint density at radius 2 is 1.89 bits per heavy atom. The van der Waals surface area contributed by atoms with Crippen LogP contribution in [-0.2, 0) is 14.8 Å². The van der Waals surface area contributed by atoms with Crippen LogP contribution in [0.5, 0.6) is 0 Å². The maximum absolute atomic E-state index is 11.5. The molecular formula is C12H20N2O3S. The SMILES string of the molecule is Cc1ccc(C(OC(C)C)C(C)S(N)(=O)=O)nc1. The van der Waals surface area contributed by atoms with Crippen molar-refractivity contribution in [3.63, 3.8) is 0 Å². The van der Waals surface area contributed by atoms with E-state index in [0.29, 0.717) is 5.69 Å². The second-order valence-corrected chi connectivity index (χ2v) is 6.58. The highest BCUT2D eigenvalue weighted by Crippen LogP contribution is 2.25. The van der Waals surface area contributed by atoms with Crippen molar-refractivity contribution >= 4 is 10.0 Å². The van der Waals surface area contributed by atoms with Gasteiger partial charge in [-0.05, 0) is 39.3 Å². The van der Waals surface area contributed by atoms with Gasteiger partial charge in [-0.15, -0.1) is 0 Å². The molecule has 0 aliphatic heterocycles. The molecular weight excluding hydrogens is 252 g/mol. The van der Waals surface area contributed by atoms with E-state index < -0.39 is 21.4 Å². The van der Waals surface area contributed by atoms with E-state index in [0.717, 1.165) is 5.56 Å². The van der Waals surface area contributed by atoms with Gasteiger partial charge in [-0.1, -0.05) is 6.07 Å². The summed E-state index contributed by atoms with van der Waals surface area (Å²) in [4.78, 5) is 4.22. The predicted molar refractivity (Wildman–Crippen MR) is 70.5 cm³/mol. The molecule has 6 heteroatoms. The molecule has 1 rings (SSSR count). The lowest BCUT2D eigenvalue weighted by Gasteiger charge is -2.24. The van der Waals surface area contributed by atoms with Gasteiger partial charge < -0.3 is 4.74 Å². The average Bonchev–Trinajstić information content (AvgIpc) is 2.25. The summed E-state index contributed by atoms with van der Waals surface area (Å²) < 4.78 is 28.6. The van der Waals surface area contributed by atoms with Gasteiger partial charge in [0.25, 0.3) is 0 Å². The van der Waals surface area contributed by atoms with E-state index in [2.05, 4.69) is 4.98 Å². The van der Waals surface area contributed by atoms with E-state index >= 15 is 0 Å². The van der Waals surface area contributed by atoms with Crippen LogP contribution >= 0.6 is 0 Å². The second kappa shape index (κ2) is 5.77. The van der Waals surface area contributed by atoms with Crippen LogP contribution in [0.4, 0.5) is 0 Å². The van der Waals surface area contributed by atoms with E-state index in [1.165, 1.54) is 6.92 Å². The molecule has 0 saturated heterocycles. The van der Waals surface area contributed by atoms with Gasteiger partial charge >= 0.3 is 0 Å². The summed E-state index contributed by atoms with van der Waals surface area (Å²) in [6.45, 7) is 7.14. The van der Waals surface area contributed by atoms with Gasteiger partial charge in [-0.25, -0.2) is 13.6 Å². The highest BCUT2D eigenvalue weighted by Gasteiger charge is 2.30. The summed E-state index contributed by atoms with van der Waals surface area (Å²) in [6.07, 6.45) is 0.921. The molecule has 2 unspecified atom stereocenters. The molecule has 0 aliphatic carbocycles. The minimum absolute atomic E-state index is 0.109. The Labute approximate surface area is 108 Å². The lowest BCUT2D eigenvalue weighted by Crippen LogP contribution is -2.34. The molecule has 2 N–H and O–H groups in total. The van der Waals surface area contributed by atoms with Gasteiger partial charge in [0, 0.05) is 6.20 Å².